The first-order valence-electron chi connectivity index (χ1n) is 12.9. The van der Waals surface area contributed by atoms with E-state index in [2.05, 4.69) is 15.2 Å². The topological polar surface area (TPSA) is 101 Å². The van der Waals surface area contributed by atoms with E-state index < -0.39 is 17.9 Å². The zero-order valence-electron chi connectivity index (χ0n) is 22.7. The third-order valence-electron chi connectivity index (χ3n) is 7.17. The normalized spacial score (nSPS) is 17.9. The molecular formula is C29H32Cl2N4O5. The Labute approximate surface area is 243 Å². The van der Waals surface area contributed by atoms with Crippen molar-refractivity contribution in [3.8, 4) is 0 Å². The molecule has 9 nitrogen and oxygen atoms in total. The molecule has 40 heavy (non-hydrogen) atoms. The summed E-state index contributed by atoms with van der Waals surface area (Å²) in [6.45, 7) is 2.65. The number of aromatic nitrogens is 1. The molecule has 2 aliphatic rings. The molecule has 212 valence electrons. The minimum atomic E-state index is -1.03. The number of ether oxygens (including phenoxy) is 2. The third kappa shape index (κ3) is 6.49. The van der Waals surface area contributed by atoms with Gasteiger partial charge in [-0.05, 0) is 44.2 Å². The first-order chi connectivity index (χ1) is 19.2. The van der Waals surface area contributed by atoms with Crippen LogP contribution < -0.4 is 5.32 Å². The van der Waals surface area contributed by atoms with Crippen molar-refractivity contribution in [2.45, 2.75) is 25.2 Å². The zero-order valence-corrected chi connectivity index (χ0v) is 24.2. The van der Waals surface area contributed by atoms with Crippen LogP contribution >= 0.6 is 23.2 Å². The summed E-state index contributed by atoms with van der Waals surface area (Å²) in [5.74, 6) is -2.54. The quantitative estimate of drug-likeness (QED) is 0.467. The Morgan fingerprint density at radius 2 is 1.52 bits per heavy atom. The van der Waals surface area contributed by atoms with Gasteiger partial charge in [-0.1, -0.05) is 35.3 Å². The number of nitrogens with zero attached hydrogens (tertiary/aromatic N) is 3. The van der Waals surface area contributed by atoms with Gasteiger partial charge in [0.05, 0.1) is 37.7 Å². The van der Waals surface area contributed by atoms with Gasteiger partial charge in [0.2, 0.25) is 5.91 Å². The van der Waals surface area contributed by atoms with E-state index in [1.165, 1.54) is 14.2 Å². The first kappa shape index (κ1) is 29.6. The SMILES string of the molecule is COC(=O)C1=C(CCc2ccccn2)NC(CC(=O)N2CCN(C)CC2)=C(C(=O)OC)C1c1c(Cl)cccc1Cl. The second-order valence-corrected chi connectivity index (χ2v) is 10.5. The van der Waals surface area contributed by atoms with Gasteiger partial charge < -0.3 is 24.6 Å². The van der Waals surface area contributed by atoms with Crippen LogP contribution in [0.4, 0.5) is 0 Å². The monoisotopic (exact) mass is 586 g/mol. The van der Waals surface area contributed by atoms with E-state index >= 15 is 0 Å². The van der Waals surface area contributed by atoms with E-state index in [1.807, 2.05) is 25.2 Å². The van der Waals surface area contributed by atoms with E-state index in [-0.39, 0.29) is 33.5 Å². The van der Waals surface area contributed by atoms with Gasteiger partial charge in [0.25, 0.3) is 0 Å². The molecule has 1 aromatic heterocycles. The molecule has 1 N–H and O–H groups in total. The minimum absolute atomic E-state index is 0.0852. The van der Waals surface area contributed by atoms with E-state index in [0.29, 0.717) is 42.9 Å². The number of allylic oxidation sites excluding steroid dienone is 1. The largest absolute Gasteiger partial charge is 0.466 e. The van der Waals surface area contributed by atoms with Crippen LogP contribution in [0.5, 0.6) is 0 Å². The summed E-state index contributed by atoms with van der Waals surface area (Å²) in [7, 11) is 4.52. The van der Waals surface area contributed by atoms with E-state index in [1.54, 1.807) is 29.3 Å². The number of piperazine rings is 1. The number of carbonyl (C=O) groups excluding carboxylic acids is 3. The van der Waals surface area contributed by atoms with Crippen LogP contribution in [-0.4, -0.2) is 80.1 Å². The van der Waals surface area contributed by atoms with E-state index in [0.717, 1.165) is 18.8 Å². The van der Waals surface area contributed by atoms with E-state index in [4.69, 9.17) is 32.7 Å². The molecule has 0 aliphatic carbocycles. The average molecular weight is 588 g/mol. The molecule has 1 fully saturated rings. The molecule has 1 saturated heterocycles. The highest BCUT2D eigenvalue weighted by atomic mass is 35.5. The lowest BCUT2D eigenvalue weighted by atomic mass is 9.78. The lowest BCUT2D eigenvalue weighted by molar-refractivity contribution is -0.137. The fourth-order valence-corrected chi connectivity index (χ4v) is 5.66. The maximum absolute atomic E-state index is 13.5. The smallest absolute Gasteiger partial charge is 0.336 e. The zero-order chi connectivity index (χ0) is 28.8. The number of benzene rings is 1. The second-order valence-electron chi connectivity index (χ2n) is 9.64. The molecule has 2 aliphatic heterocycles. The maximum atomic E-state index is 13.5. The number of dihydropyridines is 1. The Hall–Kier alpha value is -3.40. The van der Waals surface area contributed by atoms with E-state index in [9.17, 15) is 14.4 Å². The number of nitrogens with one attached hydrogen (secondary N) is 1. The molecule has 11 heteroatoms. The minimum Gasteiger partial charge on any atom is -0.466 e. The molecule has 0 radical (unpaired) electrons. The lowest BCUT2D eigenvalue weighted by Gasteiger charge is -2.35. The number of methoxy groups -OCH3 is 2. The number of esters is 2. The van der Waals surface area contributed by atoms with Gasteiger partial charge in [0.1, 0.15) is 0 Å². The molecule has 1 aromatic carbocycles. The predicted molar refractivity (Wildman–Crippen MR) is 152 cm³/mol. The molecule has 0 saturated carbocycles. The van der Waals surface area contributed by atoms with Crippen LogP contribution in [-0.2, 0) is 30.3 Å². The summed E-state index contributed by atoms with van der Waals surface area (Å²) in [4.78, 5) is 48.6. The first-order valence-corrected chi connectivity index (χ1v) is 13.7. The molecule has 1 amide bonds. The predicted octanol–water partition coefficient (Wildman–Crippen LogP) is 3.73. The summed E-state index contributed by atoms with van der Waals surface area (Å²) < 4.78 is 10.4. The average Bonchev–Trinajstić information content (AvgIpc) is 2.96. The number of likely N-dealkylation sites (N-methyl/N-ethyl adjacent to an activating group) is 1. The number of amides is 1. The molecular weight excluding hydrogens is 555 g/mol. The van der Waals surface area contributed by atoms with Gasteiger partial charge in [-0.3, -0.25) is 9.78 Å². The number of hydrogen-bond acceptors (Lipinski definition) is 8. The molecule has 0 bridgehead atoms. The Morgan fingerprint density at radius 1 is 0.900 bits per heavy atom. The van der Waals surface area contributed by atoms with Crippen LogP contribution in [0.2, 0.25) is 10.0 Å². The van der Waals surface area contributed by atoms with Gasteiger partial charge in [-0.15, -0.1) is 0 Å². The Balaban J connectivity index is 1.86. The van der Waals surface area contributed by atoms with Gasteiger partial charge in [0.15, 0.2) is 0 Å². The summed E-state index contributed by atoms with van der Waals surface area (Å²) >= 11 is 13.3. The van der Waals surface area contributed by atoms with Crippen molar-refractivity contribution in [1.82, 2.24) is 20.1 Å². The van der Waals surface area contributed by atoms with Crippen molar-refractivity contribution in [1.29, 1.82) is 0 Å². The van der Waals surface area contributed by atoms with Crippen LogP contribution in [0.1, 0.15) is 30.0 Å². The van der Waals surface area contributed by atoms with Crippen molar-refractivity contribution < 1.29 is 23.9 Å². The summed E-state index contributed by atoms with van der Waals surface area (Å²) in [6, 6.07) is 10.5. The van der Waals surface area contributed by atoms with Crippen LogP contribution in [0, 0.1) is 0 Å². The van der Waals surface area contributed by atoms with Crippen molar-refractivity contribution in [2.24, 2.45) is 0 Å². The fraction of sp³-hybridized carbons (Fsp3) is 0.379. The van der Waals surface area contributed by atoms with Gasteiger partial charge >= 0.3 is 11.9 Å². The Kier molecular flexibility index (Phi) is 9.84. The van der Waals surface area contributed by atoms with Crippen molar-refractivity contribution in [3.63, 3.8) is 0 Å². The summed E-state index contributed by atoms with van der Waals surface area (Å²) in [5, 5.41) is 3.78. The Bertz CT molecular complexity index is 1320. The number of hydrogen-bond donors (Lipinski definition) is 1. The number of rotatable bonds is 8. The second kappa shape index (κ2) is 13.3. The molecule has 1 atom stereocenters. The van der Waals surface area contributed by atoms with Gasteiger partial charge in [-0.2, -0.15) is 0 Å². The number of aryl methyl sites for hydroxylation is 1. The standard InChI is InChI=1S/C29H32Cl2N4O5/c1-34-13-15-35(16-14-34)23(36)17-22-26(29(38)40-3)27(24-19(30)8-6-9-20(24)31)25(28(37)39-2)21(33-22)11-10-18-7-4-5-12-32-18/h4-9,12,27,33H,10-11,13-17H2,1-3H3. The van der Waals surface area contributed by atoms with Gasteiger partial charge in [-0.25, -0.2) is 9.59 Å². The molecule has 4 rings (SSSR count). The highest BCUT2D eigenvalue weighted by Crippen LogP contribution is 2.45. The molecule has 1 unspecified atom stereocenters. The number of pyridine rings is 1. The maximum Gasteiger partial charge on any atom is 0.336 e. The van der Waals surface area contributed by atoms with Gasteiger partial charge in [0, 0.05) is 65.1 Å². The molecule has 0 spiro atoms. The number of carbonyl (C=O) groups is 3. The van der Waals surface area contributed by atoms with Crippen LogP contribution in [0.15, 0.2) is 65.1 Å². The molecule has 3 heterocycles. The van der Waals surface area contributed by atoms with Crippen molar-refractivity contribution >= 4 is 41.0 Å². The molecule has 2 aromatic rings. The fourth-order valence-electron chi connectivity index (χ4n) is 5.04. The van der Waals surface area contributed by atoms with Crippen molar-refractivity contribution in [2.75, 3.05) is 47.4 Å². The summed E-state index contributed by atoms with van der Waals surface area (Å²) in [6.07, 6.45) is 2.43. The Morgan fingerprint density at radius 3 is 2.10 bits per heavy atom. The van der Waals surface area contributed by atoms with Crippen molar-refractivity contribution in [3.05, 3.63) is 86.4 Å². The van der Waals surface area contributed by atoms with Crippen LogP contribution in [0.3, 0.4) is 0 Å². The number of halogens is 2. The third-order valence-corrected chi connectivity index (χ3v) is 7.83. The lowest BCUT2D eigenvalue weighted by Crippen LogP contribution is -2.47. The highest BCUT2D eigenvalue weighted by molar-refractivity contribution is 6.36. The summed E-state index contributed by atoms with van der Waals surface area (Å²) in [5.41, 5.74) is 2.25. The highest BCUT2D eigenvalue weighted by Gasteiger charge is 2.42. The van der Waals surface area contributed by atoms with Crippen LogP contribution in [0.25, 0.3) is 0 Å².